The van der Waals surface area contributed by atoms with E-state index in [1.165, 1.54) is 11.3 Å². The lowest BCUT2D eigenvalue weighted by Crippen LogP contribution is -2.43. The number of nitrogens with one attached hydrogen (secondary N) is 2. The van der Waals surface area contributed by atoms with Crippen LogP contribution < -0.4 is 10.6 Å². The number of amides is 1. The number of aryl methyl sites for hydroxylation is 2. The highest BCUT2D eigenvalue weighted by atomic mass is 127. The first-order valence-electron chi connectivity index (χ1n) is 8.72. The number of aromatic nitrogens is 1. The molecule has 1 saturated heterocycles. The number of ether oxygens (including phenoxy) is 1. The standard InChI is InChI=1S/C17H29N5O3.HI/c1-12-13(2)25-15(21-12)10-19-17(20-11-16(23)22(3)4)18-9-14-7-5-6-8-24-14;/h14H,5-11H2,1-4H3,(H2,18,19,20);1H. The molecular formula is C17H30IN5O3. The van der Waals surface area contributed by atoms with Crippen LogP contribution in [0.25, 0.3) is 0 Å². The van der Waals surface area contributed by atoms with Gasteiger partial charge in [0.05, 0.1) is 18.3 Å². The Hall–Kier alpha value is -1.36. The molecule has 0 saturated carbocycles. The predicted octanol–water partition coefficient (Wildman–Crippen LogP) is 1.60. The van der Waals surface area contributed by atoms with Crippen LogP contribution in [0.2, 0.25) is 0 Å². The van der Waals surface area contributed by atoms with Crippen molar-refractivity contribution in [2.24, 2.45) is 4.99 Å². The Kier molecular flexibility index (Phi) is 9.92. The summed E-state index contributed by atoms with van der Waals surface area (Å²) in [4.78, 5) is 22.0. The normalized spacial score (nSPS) is 17.4. The topological polar surface area (TPSA) is 92.0 Å². The van der Waals surface area contributed by atoms with Crippen LogP contribution in [0, 0.1) is 13.8 Å². The highest BCUT2D eigenvalue weighted by Crippen LogP contribution is 2.11. The first-order chi connectivity index (χ1) is 12.0. The van der Waals surface area contributed by atoms with Gasteiger partial charge in [-0.1, -0.05) is 0 Å². The average Bonchev–Trinajstić information content (AvgIpc) is 2.92. The summed E-state index contributed by atoms with van der Waals surface area (Å²) in [7, 11) is 3.43. The Morgan fingerprint density at radius 3 is 2.65 bits per heavy atom. The molecule has 2 N–H and O–H groups in total. The monoisotopic (exact) mass is 479 g/mol. The van der Waals surface area contributed by atoms with E-state index in [0.717, 1.165) is 30.9 Å². The first-order valence-corrected chi connectivity index (χ1v) is 8.72. The van der Waals surface area contributed by atoms with E-state index >= 15 is 0 Å². The summed E-state index contributed by atoms with van der Waals surface area (Å²) in [6.07, 6.45) is 3.52. The second-order valence-electron chi connectivity index (χ2n) is 6.43. The van der Waals surface area contributed by atoms with Gasteiger partial charge < -0.3 is 24.7 Å². The largest absolute Gasteiger partial charge is 0.444 e. The molecular weight excluding hydrogens is 449 g/mol. The fraction of sp³-hybridized carbons (Fsp3) is 0.706. The first kappa shape index (κ1) is 22.7. The summed E-state index contributed by atoms with van der Waals surface area (Å²) >= 11 is 0. The zero-order valence-corrected chi connectivity index (χ0v) is 18.3. The lowest BCUT2D eigenvalue weighted by Gasteiger charge is -2.23. The Balaban J connectivity index is 0.00000338. The van der Waals surface area contributed by atoms with Crippen LogP contribution >= 0.6 is 24.0 Å². The summed E-state index contributed by atoms with van der Waals surface area (Å²) in [6, 6.07) is 0. The number of hydrogen-bond donors (Lipinski definition) is 2. The van der Waals surface area contributed by atoms with Gasteiger partial charge in [-0.3, -0.25) is 4.79 Å². The molecule has 1 atom stereocenters. The number of carbonyl (C=O) groups is 1. The van der Waals surface area contributed by atoms with Gasteiger partial charge in [0, 0.05) is 27.2 Å². The number of aliphatic imine (C=N–C) groups is 1. The Morgan fingerprint density at radius 2 is 2.08 bits per heavy atom. The van der Waals surface area contributed by atoms with E-state index in [0.29, 0.717) is 24.9 Å². The van der Waals surface area contributed by atoms with Gasteiger partial charge in [0.1, 0.15) is 12.3 Å². The van der Waals surface area contributed by atoms with Gasteiger partial charge in [-0.2, -0.15) is 0 Å². The van der Waals surface area contributed by atoms with E-state index in [1.54, 1.807) is 14.1 Å². The molecule has 2 heterocycles. The molecule has 0 bridgehead atoms. The number of oxazole rings is 1. The van der Waals surface area contributed by atoms with Crippen LogP contribution in [0.5, 0.6) is 0 Å². The second-order valence-corrected chi connectivity index (χ2v) is 6.43. The number of carbonyl (C=O) groups excluding carboxylic acids is 1. The summed E-state index contributed by atoms with van der Waals surface area (Å²) in [5.41, 5.74) is 0.877. The molecule has 1 aromatic rings. The molecule has 0 aliphatic carbocycles. The van der Waals surface area contributed by atoms with Crippen LogP contribution in [-0.4, -0.2) is 61.6 Å². The van der Waals surface area contributed by atoms with E-state index in [9.17, 15) is 4.79 Å². The number of hydrogen-bond acceptors (Lipinski definition) is 5. The molecule has 1 amide bonds. The van der Waals surface area contributed by atoms with Gasteiger partial charge in [-0.15, -0.1) is 24.0 Å². The van der Waals surface area contributed by atoms with Crippen LogP contribution in [-0.2, 0) is 16.1 Å². The maximum absolute atomic E-state index is 11.8. The fourth-order valence-electron chi connectivity index (χ4n) is 2.42. The molecule has 1 aromatic heterocycles. The van der Waals surface area contributed by atoms with E-state index in [2.05, 4.69) is 20.6 Å². The van der Waals surface area contributed by atoms with Crippen molar-refractivity contribution in [3.8, 4) is 0 Å². The molecule has 9 heteroatoms. The summed E-state index contributed by atoms with van der Waals surface area (Å²) < 4.78 is 11.3. The Labute approximate surface area is 172 Å². The summed E-state index contributed by atoms with van der Waals surface area (Å²) in [5, 5.41) is 6.42. The highest BCUT2D eigenvalue weighted by Gasteiger charge is 2.15. The molecule has 2 rings (SSSR count). The van der Waals surface area contributed by atoms with Gasteiger partial charge in [0.15, 0.2) is 5.96 Å². The molecule has 8 nitrogen and oxygen atoms in total. The minimum absolute atomic E-state index is 0. The van der Waals surface area contributed by atoms with E-state index in [4.69, 9.17) is 9.15 Å². The lowest BCUT2D eigenvalue weighted by molar-refractivity contribution is -0.127. The summed E-state index contributed by atoms with van der Waals surface area (Å²) in [6.45, 7) is 5.74. The minimum Gasteiger partial charge on any atom is -0.444 e. The zero-order chi connectivity index (χ0) is 18.2. The molecule has 148 valence electrons. The molecule has 1 aliphatic heterocycles. The smallest absolute Gasteiger partial charge is 0.243 e. The van der Waals surface area contributed by atoms with E-state index in [1.807, 2.05) is 13.8 Å². The van der Waals surface area contributed by atoms with Gasteiger partial charge >= 0.3 is 0 Å². The van der Waals surface area contributed by atoms with Crippen LogP contribution in [0.1, 0.15) is 36.6 Å². The van der Waals surface area contributed by atoms with Crippen LogP contribution in [0.15, 0.2) is 9.41 Å². The SMILES string of the molecule is Cc1nc(CNC(=NCC(=O)N(C)C)NCC2CCCCO2)oc1C.I. The Bertz CT molecular complexity index is 578. The second kappa shape index (κ2) is 11.4. The maximum atomic E-state index is 11.8. The van der Waals surface area contributed by atoms with Crippen molar-refractivity contribution in [2.75, 3.05) is 33.8 Å². The molecule has 0 aromatic carbocycles. The third-order valence-corrected chi connectivity index (χ3v) is 4.12. The lowest BCUT2D eigenvalue weighted by atomic mass is 10.1. The van der Waals surface area contributed by atoms with E-state index in [-0.39, 0.29) is 42.5 Å². The van der Waals surface area contributed by atoms with Gasteiger partial charge in [-0.25, -0.2) is 9.98 Å². The maximum Gasteiger partial charge on any atom is 0.243 e. The quantitative estimate of drug-likeness (QED) is 0.366. The van der Waals surface area contributed by atoms with Crippen molar-refractivity contribution >= 4 is 35.8 Å². The average molecular weight is 479 g/mol. The van der Waals surface area contributed by atoms with Crippen molar-refractivity contribution in [3.05, 3.63) is 17.3 Å². The van der Waals surface area contributed by atoms with Crippen LogP contribution in [0.4, 0.5) is 0 Å². The van der Waals surface area contributed by atoms with Crippen molar-refractivity contribution in [1.29, 1.82) is 0 Å². The molecule has 1 aliphatic rings. The van der Waals surface area contributed by atoms with Crippen molar-refractivity contribution in [3.63, 3.8) is 0 Å². The number of halogens is 1. The number of nitrogens with zero attached hydrogens (tertiary/aromatic N) is 3. The van der Waals surface area contributed by atoms with Gasteiger partial charge in [-0.05, 0) is 33.1 Å². The predicted molar refractivity (Wildman–Crippen MR) is 111 cm³/mol. The van der Waals surface area contributed by atoms with Crippen molar-refractivity contribution in [2.45, 2.75) is 45.8 Å². The number of guanidine groups is 1. The van der Waals surface area contributed by atoms with Crippen molar-refractivity contribution < 1.29 is 13.9 Å². The third-order valence-electron chi connectivity index (χ3n) is 4.12. The van der Waals surface area contributed by atoms with Gasteiger partial charge in [0.25, 0.3) is 0 Å². The van der Waals surface area contributed by atoms with Gasteiger partial charge in [0.2, 0.25) is 11.8 Å². The van der Waals surface area contributed by atoms with Crippen molar-refractivity contribution in [1.82, 2.24) is 20.5 Å². The number of likely N-dealkylation sites (N-methyl/N-ethyl adjacent to an activating group) is 1. The highest BCUT2D eigenvalue weighted by molar-refractivity contribution is 14.0. The third kappa shape index (κ3) is 7.48. The molecule has 1 unspecified atom stereocenters. The Morgan fingerprint density at radius 1 is 1.31 bits per heavy atom. The zero-order valence-electron chi connectivity index (χ0n) is 16.0. The summed E-state index contributed by atoms with van der Waals surface area (Å²) in [5.74, 6) is 1.90. The van der Waals surface area contributed by atoms with Crippen LogP contribution in [0.3, 0.4) is 0 Å². The molecule has 0 spiro atoms. The fourth-order valence-corrected chi connectivity index (χ4v) is 2.42. The van der Waals surface area contributed by atoms with E-state index < -0.39 is 0 Å². The molecule has 26 heavy (non-hydrogen) atoms. The molecule has 0 radical (unpaired) electrons. The molecule has 1 fully saturated rings. The minimum atomic E-state index is -0.0576. The number of rotatable bonds is 6.